The van der Waals surface area contributed by atoms with Gasteiger partial charge in [-0.25, -0.2) is 0 Å². The van der Waals surface area contributed by atoms with Crippen LogP contribution in [0.1, 0.15) is 49.8 Å². The molecule has 21 heavy (non-hydrogen) atoms. The van der Waals surface area contributed by atoms with Gasteiger partial charge in [0.2, 0.25) is 0 Å². The molecule has 3 atom stereocenters. The Bertz CT molecular complexity index is 561. The highest BCUT2D eigenvalue weighted by Gasteiger charge is 2.44. The predicted molar refractivity (Wildman–Crippen MR) is 86.2 cm³/mol. The molecular weight excluding hydrogens is 258 g/mol. The average molecular weight is 283 g/mol. The molecule has 0 spiro atoms. The molecule has 1 saturated carbocycles. The minimum Gasteiger partial charge on any atom is -0.310 e. The number of aryl methyl sites for hydroxylation is 1. The lowest BCUT2D eigenvalue weighted by atomic mass is 10.0. The Labute approximate surface area is 127 Å². The molecule has 1 fully saturated rings. The summed E-state index contributed by atoms with van der Waals surface area (Å²) in [5.41, 5.74) is 2.82. The number of hydrogen-bond donors (Lipinski definition) is 1. The van der Waals surface area contributed by atoms with Crippen LogP contribution in [0, 0.1) is 5.92 Å². The molecule has 3 nitrogen and oxygen atoms in total. The summed E-state index contributed by atoms with van der Waals surface area (Å²) in [6.45, 7) is 6.36. The minimum absolute atomic E-state index is 0.440. The van der Waals surface area contributed by atoms with Gasteiger partial charge in [0, 0.05) is 24.3 Å². The molecule has 1 aromatic carbocycles. The summed E-state index contributed by atoms with van der Waals surface area (Å²) in [7, 11) is 0. The summed E-state index contributed by atoms with van der Waals surface area (Å²) in [6, 6.07) is 11.4. The van der Waals surface area contributed by atoms with Gasteiger partial charge in [0.15, 0.2) is 0 Å². The SMILES string of the molecule is CCCNC(c1cnn(CC)c1)C1CC1c1ccccc1. The van der Waals surface area contributed by atoms with Crippen molar-refractivity contribution >= 4 is 0 Å². The largest absolute Gasteiger partial charge is 0.310 e. The molecule has 3 rings (SSSR count). The summed E-state index contributed by atoms with van der Waals surface area (Å²) in [5, 5.41) is 8.18. The highest BCUT2D eigenvalue weighted by atomic mass is 15.3. The molecule has 112 valence electrons. The fourth-order valence-corrected chi connectivity index (χ4v) is 3.20. The molecule has 2 aromatic rings. The van der Waals surface area contributed by atoms with Gasteiger partial charge in [-0.2, -0.15) is 5.10 Å². The van der Waals surface area contributed by atoms with Gasteiger partial charge in [0.05, 0.1) is 6.20 Å². The minimum atomic E-state index is 0.440. The van der Waals surface area contributed by atoms with Gasteiger partial charge < -0.3 is 5.32 Å². The van der Waals surface area contributed by atoms with Crippen LogP contribution in [0.25, 0.3) is 0 Å². The van der Waals surface area contributed by atoms with Crippen LogP contribution in [-0.2, 0) is 6.54 Å². The lowest BCUT2D eigenvalue weighted by Gasteiger charge is -2.17. The number of nitrogens with one attached hydrogen (secondary N) is 1. The van der Waals surface area contributed by atoms with E-state index in [0.29, 0.717) is 17.9 Å². The monoisotopic (exact) mass is 283 g/mol. The highest BCUT2D eigenvalue weighted by molar-refractivity contribution is 5.29. The molecule has 0 radical (unpaired) electrons. The quantitative estimate of drug-likeness (QED) is 0.838. The standard InChI is InChI=1S/C18H25N3/c1-3-10-19-18(15-12-20-21(4-2)13-15)17-11-16(17)14-8-6-5-7-9-14/h5-9,12-13,16-19H,3-4,10-11H2,1-2H3. The van der Waals surface area contributed by atoms with Gasteiger partial charge in [-0.15, -0.1) is 0 Å². The van der Waals surface area contributed by atoms with Gasteiger partial charge in [0.25, 0.3) is 0 Å². The number of nitrogens with zero attached hydrogens (tertiary/aromatic N) is 2. The van der Waals surface area contributed by atoms with Crippen LogP contribution in [0.3, 0.4) is 0 Å². The van der Waals surface area contributed by atoms with Crippen molar-refractivity contribution in [3.8, 4) is 0 Å². The van der Waals surface area contributed by atoms with E-state index in [0.717, 1.165) is 13.1 Å². The molecule has 0 bridgehead atoms. The van der Waals surface area contributed by atoms with Gasteiger partial charge in [-0.05, 0) is 43.7 Å². The highest BCUT2D eigenvalue weighted by Crippen LogP contribution is 2.53. The summed E-state index contributed by atoms with van der Waals surface area (Å²) < 4.78 is 2.02. The van der Waals surface area contributed by atoms with Crippen molar-refractivity contribution < 1.29 is 0 Å². The topological polar surface area (TPSA) is 29.9 Å². The molecule has 3 heteroatoms. The second-order valence-electron chi connectivity index (χ2n) is 5.98. The molecule has 3 unspecified atom stereocenters. The number of benzene rings is 1. The van der Waals surface area contributed by atoms with E-state index in [1.54, 1.807) is 0 Å². The van der Waals surface area contributed by atoms with Gasteiger partial charge in [-0.3, -0.25) is 4.68 Å². The first-order chi connectivity index (χ1) is 10.3. The fraction of sp³-hybridized carbons (Fsp3) is 0.500. The number of hydrogen-bond acceptors (Lipinski definition) is 2. The van der Waals surface area contributed by atoms with Crippen molar-refractivity contribution in [2.45, 2.75) is 45.2 Å². The average Bonchev–Trinajstić information content (AvgIpc) is 3.17. The summed E-state index contributed by atoms with van der Waals surface area (Å²) in [4.78, 5) is 0. The van der Waals surface area contributed by atoms with Crippen LogP contribution in [-0.4, -0.2) is 16.3 Å². The van der Waals surface area contributed by atoms with E-state index < -0.39 is 0 Å². The smallest absolute Gasteiger partial charge is 0.0537 e. The summed E-state index contributed by atoms with van der Waals surface area (Å²) in [5.74, 6) is 1.40. The predicted octanol–water partition coefficient (Wildman–Crippen LogP) is 3.75. The Hall–Kier alpha value is -1.61. The van der Waals surface area contributed by atoms with Crippen LogP contribution >= 0.6 is 0 Å². The number of aromatic nitrogens is 2. The normalized spacial score (nSPS) is 22.2. The van der Waals surface area contributed by atoms with Crippen molar-refractivity contribution in [1.82, 2.24) is 15.1 Å². The second-order valence-corrected chi connectivity index (χ2v) is 5.98. The lowest BCUT2D eigenvalue weighted by Crippen LogP contribution is -2.24. The van der Waals surface area contributed by atoms with E-state index in [1.165, 1.54) is 24.0 Å². The van der Waals surface area contributed by atoms with Crippen LogP contribution in [0.2, 0.25) is 0 Å². The maximum Gasteiger partial charge on any atom is 0.0537 e. The van der Waals surface area contributed by atoms with Crippen LogP contribution in [0.4, 0.5) is 0 Å². The van der Waals surface area contributed by atoms with Crippen molar-refractivity contribution in [3.63, 3.8) is 0 Å². The first kappa shape index (κ1) is 14.3. The molecule has 1 aromatic heterocycles. The van der Waals surface area contributed by atoms with E-state index in [-0.39, 0.29) is 0 Å². The zero-order chi connectivity index (χ0) is 14.7. The van der Waals surface area contributed by atoms with Crippen LogP contribution in [0.15, 0.2) is 42.7 Å². The molecule has 1 aliphatic rings. The number of rotatable bonds is 7. The van der Waals surface area contributed by atoms with E-state index >= 15 is 0 Å². The molecule has 0 aliphatic heterocycles. The van der Waals surface area contributed by atoms with E-state index in [1.807, 2.05) is 10.9 Å². The van der Waals surface area contributed by atoms with Crippen LogP contribution < -0.4 is 5.32 Å². The van der Waals surface area contributed by atoms with E-state index in [2.05, 4.69) is 60.8 Å². The van der Waals surface area contributed by atoms with Gasteiger partial charge in [0.1, 0.15) is 0 Å². The fourth-order valence-electron chi connectivity index (χ4n) is 3.20. The van der Waals surface area contributed by atoms with Gasteiger partial charge in [-0.1, -0.05) is 37.3 Å². The Morgan fingerprint density at radius 3 is 2.76 bits per heavy atom. The van der Waals surface area contributed by atoms with Gasteiger partial charge >= 0.3 is 0 Å². The zero-order valence-corrected chi connectivity index (χ0v) is 13.0. The summed E-state index contributed by atoms with van der Waals surface area (Å²) in [6.07, 6.45) is 6.69. The Morgan fingerprint density at radius 2 is 2.10 bits per heavy atom. The third kappa shape index (κ3) is 3.18. The van der Waals surface area contributed by atoms with Crippen molar-refractivity contribution in [3.05, 3.63) is 53.9 Å². The van der Waals surface area contributed by atoms with Crippen molar-refractivity contribution in [1.29, 1.82) is 0 Å². The first-order valence-electron chi connectivity index (χ1n) is 8.14. The second kappa shape index (κ2) is 6.44. The first-order valence-corrected chi connectivity index (χ1v) is 8.14. The maximum atomic E-state index is 4.45. The Morgan fingerprint density at radius 1 is 1.29 bits per heavy atom. The molecular formula is C18H25N3. The zero-order valence-electron chi connectivity index (χ0n) is 13.0. The van der Waals surface area contributed by atoms with Crippen molar-refractivity contribution in [2.75, 3.05) is 6.54 Å². The summed E-state index contributed by atoms with van der Waals surface area (Å²) >= 11 is 0. The van der Waals surface area contributed by atoms with E-state index in [4.69, 9.17) is 0 Å². The molecule has 1 heterocycles. The molecule has 1 aliphatic carbocycles. The molecule has 1 N–H and O–H groups in total. The molecule has 0 saturated heterocycles. The third-order valence-electron chi connectivity index (χ3n) is 4.45. The lowest BCUT2D eigenvalue weighted by molar-refractivity contribution is 0.472. The molecule has 0 amide bonds. The van der Waals surface area contributed by atoms with Crippen LogP contribution in [0.5, 0.6) is 0 Å². The maximum absolute atomic E-state index is 4.45. The van der Waals surface area contributed by atoms with Crippen molar-refractivity contribution in [2.24, 2.45) is 5.92 Å². The third-order valence-corrected chi connectivity index (χ3v) is 4.45. The van der Waals surface area contributed by atoms with E-state index in [9.17, 15) is 0 Å². The Balaban J connectivity index is 1.74. The Kier molecular flexibility index (Phi) is 4.39.